The van der Waals surface area contributed by atoms with E-state index in [4.69, 9.17) is 4.52 Å². The van der Waals surface area contributed by atoms with E-state index >= 15 is 0 Å². The number of aromatic nitrogens is 1. The maximum Gasteiger partial charge on any atom is 0.276 e. The molecule has 2 aliphatic rings. The van der Waals surface area contributed by atoms with Crippen LogP contribution >= 0.6 is 0 Å². The fraction of sp³-hybridized carbons (Fsp3) is 0.765. The largest absolute Gasteiger partial charge is 0.361 e. The number of rotatable bonds is 3. The number of fused-ring (bicyclic) bond motifs is 2. The zero-order chi connectivity index (χ0) is 15.3. The van der Waals surface area contributed by atoms with Gasteiger partial charge in [-0.05, 0) is 36.5 Å². The molecule has 116 valence electrons. The lowest BCUT2D eigenvalue weighted by Gasteiger charge is -2.39. The minimum Gasteiger partial charge on any atom is -0.361 e. The Morgan fingerprint density at radius 2 is 2.19 bits per heavy atom. The molecule has 1 aliphatic carbocycles. The van der Waals surface area contributed by atoms with Crippen LogP contribution in [0.5, 0.6) is 0 Å². The van der Waals surface area contributed by atoms with E-state index in [1.54, 1.807) is 0 Å². The molecule has 1 saturated carbocycles. The minimum atomic E-state index is 0.0486. The number of carbonyl (C=O) groups excluding carboxylic acids is 1. The van der Waals surface area contributed by atoms with Gasteiger partial charge < -0.3 is 9.42 Å². The predicted molar refractivity (Wildman–Crippen MR) is 81.1 cm³/mol. The number of carbonyl (C=O) groups is 1. The van der Waals surface area contributed by atoms with Crippen molar-refractivity contribution in [2.24, 2.45) is 10.8 Å². The molecule has 2 unspecified atom stereocenters. The standard InChI is InChI=1S/C17H26N2O2/c1-5-6-13-7-14(18-21-13)15(20)19-11-17(4)9-12(19)8-16(2,3)10-17/h7,12H,5-6,8-11H2,1-4H3. The molecule has 2 bridgehead atoms. The highest BCUT2D eigenvalue weighted by Gasteiger charge is 2.51. The molecule has 2 heterocycles. The number of hydrogen-bond acceptors (Lipinski definition) is 3. The lowest BCUT2D eigenvalue weighted by atomic mass is 9.65. The molecule has 0 radical (unpaired) electrons. The quantitative estimate of drug-likeness (QED) is 0.853. The highest BCUT2D eigenvalue weighted by atomic mass is 16.5. The van der Waals surface area contributed by atoms with Crippen molar-refractivity contribution in [3.8, 4) is 0 Å². The molecule has 2 atom stereocenters. The van der Waals surface area contributed by atoms with Gasteiger partial charge in [0, 0.05) is 25.1 Å². The van der Waals surface area contributed by atoms with Crippen molar-refractivity contribution in [1.82, 2.24) is 10.1 Å². The molecule has 1 aromatic rings. The lowest BCUT2D eigenvalue weighted by Crippen LogP contribution is -2.37. The molecule has 2 fully saturated rings. The SMILES string of the molecule is CCCc1cc(C(=O)N2CC3(C)CC2CC(C)(C)C3)no1. The van der Waals surface area contributed by atoms with Crippen LogP contribution in [0.15, 0.2) is 10.6 Å². The van der Waals surface area contributed by atoms with Crippen molar-refractivity contribution in [2.75, 3.05) is 6.54 Å². The van der Waals surface area contributed by atoms with Gasteiger partial charge in [-0.15, -0.1) is 0 Å². The van der Waals surface area contributed by atoms with Gasteiger partial charge in [0.05, 0.1) is 0 Å². The molecule has 0 aromatic carbocycles. The minimum absolute atomic E-state index is 0.0486. The zero-order valence-corrected chi connectivity index (χ0v) is 13.6. The van der Waals surface area contributed by atoms with Crippen molar-refractivity contribution in [1.29, 1.82) is 0 Å². The van der Waals surface area contributed by atoms with Crippen LogP contribution in [0.25, 0.3) is 0 Å². The first-order valence-corrected chi connectivity index (χ1v) is 8.08. The van der Waals surface area contributed by atoms with Crippen LogP contribution in [-0.2, 0) is 6.42 Å². The van der Waals surface area contributed by atoms with Crippen molar-refractivity contribution in [3.63, 3.8) is 0 Å². The van der Waals surface area contributed by atoms with Gasteiger partial charge in [0.1, 0.15) is 5.76 Å². The third-order valence-electron chi connectivity index (χ3n) is 4.95. The van der Waals surface area contributed by atoms with Crippen molar-refractivity contribution < 1.29 is 9.32 Å². The van der Waals surface area contributed by atoms with Gasteiger partial charge in [-0.2, -0.15) is 0 Å². The Balaban J connectivity index is 1.79. The Bertz CT molecular complexity index is 549. The molecule has 1 amide bonds. The highest BCUT2D eigenvalue weighted by molar-refractivity contribution is 5.92. The van der Waals surface area contributed by atoms with Crippen molar-refractivity contribution in [2.45, 2.75) is 65.8 Å². The molecule has 3 rings (SSSR count). The molecular formula is C17H26N2O2. The summed E-state index contributed by atoms with van der Waals surface area (Å²) < 4.78 is 5.27. The number of amides is 1. The molecular weight excluding hydrogens is 264 g/mol. The van der Waals surface area contributed by atoms with Crippen molar-refractivity contribution in [3.05, 3.63) is 17.5 Å². The molecule has 4 nitrogen and oxygen atoms in total. The highest BCUT2D eigenvalue weighted by Crippen LogP contribution is 2.52. The zero-order valence-electron chi connectivity index (χ0n) is 13.6. The summed E-state index contributed by atoms with van der Waals surface area (Å²) in [5.41, 5.74) is 1.06. The van der Waals surface area contributed by atoms with E-state index in [2.05, 4.69) is 32.9 Å². The molecule has 1 aliphatic heterocycles. The summed E-state index contributed by atoms with van der Waals surface area (Å²) in [5, 5.41) is 3.99. The van der Waals surface area contributed by atoms with Gasteiger partial charge in [0.15, 0.2) is 5.69 Å². The Labute approximate surface area is 126 Å². The van der Waals surface area contributed by atoms with Gasteiger partial charge in [-0.25, -0.2) is 0 Å². The van der Waals surface area contributed by atoms with Gasteiger partial charge in [0.2, 0.25) is 0 Å². The molecule has 1 saturated heterocycles. The Morgan fingerprint density at radius 3 is 2.90 bits per heavy atom. The molecule has 1 aromatic heterocycles. The van der Waals surface area contributed by atoms with Crippen LogP contribution < -0.4 is 0 Å². The first-order chi connectivity index (χ1) is 9.82. The van der Waals surface area contributed by atoms with Gasteiger partial charge >= 0.3 is 0 Å². The fourth-order valence-corrected chi connectivity index (χ4v) is 4.62. The molecule has 0 spiro atoms. The van der Waals surface area contributed by atoms with E-state index in [1.807, 2.05) is 11.0 Å². The number of likely N-dealkylation sites (tertiary alicyclic amines) is 1. The second kappa shape index (κ2) is 4.85. The summed E-state index contributed by atoms with van der Waals surface area (Å²) in [5.74, 6) is 0.863. The summed E-state index contributed by atoms with van der Waals surface area (Å²) in [6, 6.07) is 2.18. The first kappa shape index (κ1) is 14.6. The third-order valence-corrected chi connectivity index (χ3v) is 4.95. The van der Waals surface area contributed by atoms with Crippen molar-refractivity contribution >= 4 is 5.91 Å². The normalized spacial score (nSPS) is 30.7. The van der Waals surface area contributed by atoms with Crippen LogP contribution in [0.2, 0.25) is 0 Å². The Kier molecular flexibility index (Phi) is 3.38. The number of aryl methyl sites for hydroxylation is 1. The third kappa shape index (κ3) is 2.72. The summed E-state index contributed by atoms with van der Waals surface area (Å²) in [4.78, 5) is 14.8. The van der Waals surface area contributed by atoms with Crippen LogP contribution in [0, 0.1) is 10.8 Å². The average Bonchev–Trinajstić information content (AvgIpc) is 2.90. The van der Waals surface area contributed by atoms with Crippen LogP contribution in [-0.4, -0.2) is 28.6 Å². The van der Waals surface area contributed by atoms with Gasteiger partial charge in [-0.1, -0.05) is 32.9 Å². The lowest BCUT2D eigenvalue weighted by molar-refractivity contribution is 0.0698. The van der Waals surface area contributed by atoms with Gasteiger partial charge in [-0.3, -0.25) is 4.79 Å². The monoisotopic (exact) mass is 290 g/mol. The van der Waals surface area contributed by atoms with E-state index < -0.39 is 0 Å². The summed E-state index contributed by atoms with van der Waals surface area (Å²) in [7, 11) is 0. The first-order valence-electron chi connectivity index (χ1n) is 8.08. The smallest absolute Gasteiger partial charge is 0.276 e. The van der Waals surface area contributed by atoms with E-state index in [-0.39, 0.29) is 11.3 Å². The number of hydrogen-bond donors (Lipinski definition) is 0. The molecule has 0 N–H and O–H groups in total. The average molecular weight is 290 g/mol. The fourth-order valence-electron chi connectivity index (χ4n) is 4.62. The maximum absolute atomic E-state index is 12.8. The van der Waals surface area contributed by atoms with E-state index in [9.17, 15) is 4.79 Å². The summed E-state index contributed by atoms with van der Waals surface area (Å²) >= 11 is 0. The molecule has 4 heteroatoms. The maximum atomic E-state index is 12.8. The summed E-state index contributed by atoms with van der Waals surface area (Å²) in [6.07, 6.45) is 5.26. The predicted octanol–water partition coefficient (Wildman–Crippen LogP) is 3.67. The van der Waals surface area contributed by atoms with E-state index in [0.717, 1.165) is 38.0 Å². The topological polar surface area (TPSA) is 46.3 Å². The van der Waals surface area contributed by atoms with Crippen LogP contribution in [0.4, 0.5) is 0 Å². The summed E-state index contributed by atoms with van der Waals surface area (Å²) in [6.45, 7) is 9.91. The van der Waals surface area contributed by atoms with Crippen LogP contribution in [0.1, 0.15) is 69.6 Å². The second-order valence-electron chi connectivity index (χ2n) is 8.08. The van der Waals surface area contributed by atoms with Gasteiger partial charge in [0.25, 0.3) is 5.91 Å². The molecule has 21 heavy (non-hydrogen) atoms. The van der Waals surface area contributed by atoms with E-state index in [0.29, 0.717) is 17.2 Å². The second-order valence-corrected chi connectivity index (χ2v) is 8.08. The van der Waals surface area contributed by atoms with Crippen LogP contribution in [0.3, 0.4) is 0 Å². The Morgan fingerprint density at radius 1 is 1.43 bits per heavy atom. The number of nitrogens with zero attached hydrogens (tertiary/aromatic N) is 2. The Hall–Kier alpha value is -1.32. The van der Waals surface area contributed by atoms with E-state index in [1.165, 1.54) is 6.42 Å².